The number of ether oxygens (including phenoxy) is 1. The molecule has 0 saturated carbocycles. The standard InChI is InChI=1S/C13H23N5O2/c1-4-5-6-18(8-10(14)19)13-7-11(15-2)16-12(17-13)9-20-3/h7H,4-6,8-9H2,1-3H3,(H2,14,19)(H,15,16,17). The van der Waals surface area contributed by atoms with Crippen molar-refractivity contribution in [1.29, 1.82) is 0 Å². The van der Waals surface area contributed by atoms with Crippen LogP contribution in [0, 0.1) is 0 Å². The van der Waals surface area contributed by atoms with Crippen LogP contribution >= 0.6 is 0 Å². The number of unbranched alkanes of at least 4 members (excludes halogenated alkanes) is 1. The van der Waals surface area contributed by atoms with E-state index in [0.717, 1.165) is 19.4 Å². The number of hydrogen-bond acceptors (Lipinski definition) is 6. The normalized spacial score (nSPS) is 10.3. The molecular weight excluding hydrogens is 258 g/mol. The van der Waals surface area contributed by atoms with Gasteiger partial charge in [-0.1, -0.05) is 13.3 Å². The molecule has 7 heteroatoms. The van der Waals surface area contributed by atoms with Crippen LogP contribution < -0.4 is 16.0 Å². The molecule has 0 saturated heterocycles. The molecule has 20 heavy (non-hydrogen) atoms. The Hall–Kier alpha value is -1.89. The smallest absolute Gasteiger partial charge is 0.236 e. The summed E-state index contributed by atoms with van der Waals surface area (Å²) in [5.41, 5.74) is 5.31. The second kappa shape index (κ2) is 8.31. The number of rotatable bonds is 9. The summed E-state index contributed by atoms with van der Waals surface area (Å²) in [7, 11) is 3.38. The minimum absolute atomic E-state index is 0.145. The van der Waals surface area contributed by atoms with E-state index in [1.165, 1.54) is 0 Å². The van der Waals surface area contributed by atoms with Gasteiger partial charge >= 0.3 is 0 Å². The van der Waals surface area contributed by atoms with Crippen LogP contribution in [-0.4, -0.2) is 43.1 Å². The van der Waals surface area contributed by atoms with E-state index >= 15 is 0 Å². The van der Waals surface area contributed by atoms with Gasteiger partial charge in [0.25, 0.3) is 0 Å². The summed E-state index contributed by atoms with van der Waals surface area (Å²) in [6.45, 7) is 3.29. The van der Waals surface area contributed by atoms with Crippen LogP contribution in [0.3, 0.4) is 0 Å². The van der Waals surface area contributed by atoms with E-state index in [-0.39, 0.29) is 12.5 Å². The SMILES string of the molecule is CCCCN(CC(N)=O)c1cc(NC)nc(COC)n1. The first-order chi connectivity index (χ1) is 9.60. The summed E-state index contributed by atoms with van der Waals surface area (Å²) in [4.78, 5) is 21.8. The Labute approximate surface area is 119 Å². The number of methoxy groups -OCH3 is 1. The molecule has 1 aromatic rings. The van der Waals surface area contributed by atoms with E-state index in [4.69, 9.17) is 10.5 Å². The van der Waals surface area contributed by atoms with Gasteiger partial charge in [0.2, 0.25) is 5.91 Å². The number of primary amides is 1. The van der Waals surface area contributed by atoms with Crippen LogP contribution in [0.4, 0.5) is 11.6 Å². The predicted molar refractivity (Wildman–Crippen MR) is 78.6 cm³/mol. The molecule has 1 heterocycles. The third kappa shape index (κ3) is 5.00. The monoisotopic (exact) mass is 281 g/mol. The molecule has 0 unspecified atom stereocenters. The summed E-state index contributed by atoms with van der Waals surface area (Å²) in [5, 5.41) is 2.98. The first-order valence-corrected chi connectivity index (χ1v) is 6.68. The first-order valence-electron chi connectivity index (χ1n) is 6.68. The Balaban J connectivity index is 3.02. The van der Waals surface area contributed by atoms with Crippen molar-refractivity contribution in [2.45, 2.75) is 26.4 Å². The maximum atomic E-state index is 11.2. The van der Waals surface area contributed by atoms with Gasteiger partial charge < -0.3 is 20.7 Å². The topological polar surface area (TPSA) is 93.4 Å². The number of anilines is 2. The predicted octanol–water partition coefficient (Wildman–Crippen LogP) is 0.756. The second-order valence-electron chi connectivity index (χ2n) is 4.45. The average Bonchev–Trinajstić information content (AvgIpc) is 2.43. The van der Waals surface area contributed by atoms with Crippen LogP contribution in [0.25, 0.3) is 0 Å². The molecule has 0 aliphatic carbocycles. The Bertz CT molecular complexity index is 439. The maximum Gasteiger partial charge on any atom is 0.236 e. The number of carbonyl (C=O) groups excluding carboxylic acids is 1. The summed E-state index contributed by atoms with van der Waals surface area (Å²) >= 11 is 0. The minimum Gasteiger partial charge on any atom is -0.377 e. The molecule has 1 rings (SSSR count). The van der Waals surface area contributed by atoms with Crippen LogP contribution in [-0.2, 0) is 16.1 Å². The fourth-order valence-corrected chi connectivity index (χ4v) is 1.78. The van der Waals surface area contributed by atoms with Crippen LogP contribution in [0.5, 0.6) is 0 Å². The zero-order valence-corrected chi connectivity index (χ0v) is 12.3. The van der Waals surface area contributed by atoms with Gasteiger partial charge in [0.15, 0.2) is 5.82 Å². The lowest BCUT2D eigenvalue weighted by Crippen LogP contribution is -2.35. The molecule has 3 N–H and O–H groups in total. The molecule has 1 aromatic heterocycles. The van der Waals surface area contributed by atoms with E-state index in [0.29, 0.717) is 24.1 Å². The fraction of sp³-hybridized carbons (Fsp3) is 0.615. The zero-order chi connectivity index (χ0) is 15.0. The van der Waals surface area contributed by atoms with Crippen molar-refractivity contribution in [2.75, 3.05) is 37.5 Å². The fourth-order valence-electron chi connectivity index (χ4n) is 1.78. The summed E-state index contributed by atoms with van der Waals surface area (Å²) in [5.74, 6) is 1.57. The molecule has 7 nitrogen and oxygen atoms in total. The number of aromatic nitrogens is 2. The Morgan fingerprint density at radius 1 is 1.50 bits per heavy atom. The van der Waals surface area contributed by atoms with Gasteiger partial charge in [-0.2, -0.15) is 0 Å². The van der Waals surface area contributed by atoms with E-state index in [9.17, 15) is 4.79 Å². The molecule has 0 aliphatic rings. The van der Waals surface area contributed by atoms with Crippen molar-refractivity contribution in [3.05, 3.63) is 11.9 Å². The largest absolute Gasteiger partial charge is 0.377 e. The Morgan fingerprint density at radius 2 is 2.25 bits per heavy atom. The minimum atomic E-state index is -0.376. The summed E-state index contributed by atoms with van der Waals surface area (Å²) < 4.78 is 5.06. The molecule has 1 amide bonds. The highest BCUT2D eigenvalue weighted by Crippen LogP contribution is 2.16. The highest BCUT2D eigenvalue weighted by Gasteiger charge is 2.13. The average molecular weight is 281 g/mol. The number of amides is 1. The van der Waals surface area contributed by atoms with Crippen LogP contribution in [0.15, 0.2) is 6.07 Å². The summed E-state index contributed by atoms with van der Waals surface area (Å²) in [6, 6.07) is 1.80. The van der Waals surface area contributed by atoms with Gasteiger partial charge in [-0.15, -0.1) is 0 Å². The third-order valence-corrected chi connectivity index (χ3v) is 2.74. The molecule has 0 aliphatic heterocycles. The van der Waals surface area contributed by atoms with E-state index in [1.54, 1.807) is 20.2 Å². The molecule has 0 spiro atoms. The lowest BCUT2D eigenvalue weighted by Gasteiger charge is -2.22. The van der Waals surface area contributed by atoms with Gasteiger partial charge in [-0.3, -0.25) is 4.79 Å². The molecule has 0 aromatic carbocycles. The molecule has 112 valence electrons. The second-order valence-corrected chi connectivity index (χ2v) is 4.45. The highest BCUT2D eigenvalue weighted by atomic mass is 16.5. The summed E-state index contributed by atoms with van der Waals surface area (Å²) in [6.07, 6.45) is 2.00. The number of nitrogens with zero attached hydrogens (tertiary/aromatic N) is 3. The Morgan fingerprint density at radius 3 is 2.80 bits per heavy atom. The van der Waals surface area contributed by atoms with E-state index in [1.807, 2.05) is 4.90 Å². The number of hydrogen-bond donors (Lipinski definition) is 2. The van der Waals surface area contributed by atoms with Gasteiger partial charge in [0, 0.05) is 26.8 Å². The van der Waals surface area contributed by atoms with Crippen molar-refractivity contribution in [1.82, 2.24) is 9.97 Å². The number of nitrogens with two attached hydrogens (primary N) is 1. The molecule has 0 fully saturated rings. The van der Waals surface area contributed by atoms with Crippen LogP contribution in [0.2, 0.25) is 0 Å². The molecule has 0 radical (unpaired) electrons. The van der Waals surface area contributed by atoms with Crippen molar-refractivity contribution in [3.63, 3.8) is 0 Å². The highest BCUT2D eigenvalue weighted by molar-refractivity contribution is 5.79. The first kappa shape index (κ1) is 16.2. The van der Waals surface area contributed by atoms with E-state index < -0.39 is 0 Å². The lowest BCUT2D eigenvalue weighted by atomic mass is 10.3. The van der Waals surface area contributed by atoms with E-state index in [2.05, 4.69) is 22.2 Å². The van der Waals surface area contributed by atoms with Gasteiger partial charge in [0.1, 0.15) is 18.2 Å². The van der Waals surface area contributed by atoms with Gasteiger partial charge in [0.05, 0.1) is 6.54 Å². The molecule has 0 atom stereocenters. The van der Waals surface area contributed by atoms with Gasteiger partial charge in [-0.05, 0) is 6.42 Å². The lowest BCUT2D eigenvalue weighted by molar-refractivity contribution is -0.116. The molecule has 0 bridgehead atoms. The van der Waals surface area contributed by atoms with Crippen molar-refractivity contribution in [2.24, 2.45) is 5.73 Å². The quantitative estimate of drug-likeness (QED) is 0.694. The third-order valence-electron chi connectivity index (χ3n) is 2.74. The zero-order valence-electron chi connectivity index (χ0n) is 12.3. The van der Waals surface area contributed by atoms with Gasteiger partial charge in [-0.25, -0.2) is 9.97 Å². The van der Waals surface area contributed by atoms with Crippen molar-refractivity contribution < 1.29 is 9.53 Å². The Kier molecular flexibility index (Phi) is 6.72. The number of nitrogens with one attached hydrogen (secondary N) is 1. The number of carbonyl (C=O) groups is 1. The van der Waals surface area contributed by atoms with Crippen molar-refractivity contribution >= 4 is 17.5 Å². The van der Waals surface area contributed by atoms with Crippen LogP contribution in [0.1, 0.15) is 25.6 Å². The molecular formula is C13H23N5O2. The van der Waals surface area contributed by atoms with Crippen molar-refractivity contribution in [3.8, 4) is 0 Å². The maximum absolute atomic E-state index is 11.2.